The molecular formula is C28H35BrFN3O6. The van der Waals surface area contributed by atoms with E-state index in [1.807, 2.05) is 20.8 Å². The second-order valence-electron chi connectivity index (χ2n) is 10.1. The van der Waals surface area contributed by atoms with E-state index < -0.39 is 17.3 Å². The van der Waals surface area contributed by atoms with Crippen molar-refractivity contribution in [1.82, 2.24) is 4.90 Å². The highest BCUT2D eigenvalue weighted by Crippen LogP contribution is 2.42. The Labute approximate surface area is 238 Å². The Hall–Kier alpha value is -3.34. The number of amides is 1. The number of hydrogen-bond acceptors (Lipinski definition) is 7. The molecule has 0 bridgehead atoms. The van der Waals surface area contributed by atoms with Gasteiger partial charge in [-0.05, 0) is 43.0 Å². The molecule has 0 aromatic heterocycles. The molecule has 39 heavy (non-hydrogen) atoms. The molecule has 0 aliphatic carbocycles. The van der Waals surface area contributed by atoms with Gasteiger partial charge in [0.15, 0.2) is 23.1 Å². The van der Waals surface area contributed by atoms with E-state index in [0.29, 0.717) is 35.7 Å². The summed E-state index contributed by atoms with van der Waals surface area (Å²) < 4.78 is 37.3. The number of benzene rings is 2. The largest absolute Gasteiger partial charge is 0.494 e. The molecule has 11 heteroatoms. The minimum Gasteiger partial charge on any atom is -0.494 e. The third-order valence-corrected chi connectivity index (χ3v) is 6.56. The van der Waals surface area contributed by atoms with Crippen LogP contribution in [0.15, 0.2) is 18.2 Å². The van der Waals surface area contributed by atoms with E-state index in [9.17, 15) is 9.59 Å². The lowest BCUT2D eigenvalue weighted by molar-refractivity contribution is 0.0962. The maximum absolute atomic E-state index is 15.4. The van der Waals surface area contributed by atoms with Gasteiger partial charge in [0, 0.05) is 17.7 Å². The Kier molecular flexibility index (Phi) is 9.15. The van der Waals surface area contributed by atoms with Crippen molar-refractivity contribution >= 4 is 40.4 Å². The van der Waals surface area contributed by atoms with Crippen LogP contribution in [0.5, 0.6) is 17.2 Å². The Balaban J connectivity index is 0.00000420. The molecule has 2 aromatic carbocycles. The van der Waals surface area contributed by atoms with Crippen LogP contribution in [0.4, 0.5) is 14.9 Å². The summed E-state index contributed by atoms with van der Waals surface area (Å²) in [6, 6.07) is 5.06. The summed E-state index contributed by atoms with van der Waals surface area (Å²) in [5.41, 5.74) is 1.84. The molecule has 0 unspecified atom stereocenters. The van der Waals surface area contributed by atoms with Gasteiger partial charge in [0.1, 0.15) is 18.2 Å². The summed E-state index contributed by atoms with van der Waals surface area (Å²) in [5.74, 6) is -0.287. The average Bonchev–Trinajstić information content (AvgIpc) is 3.42. The molecule has 9 nitrogen and oxygen atoms in total. The number of cyclic esters (lactones) is 1. The first-order valence-electron chi connectivity index (χ1n) is 12.7. The zero-order valence-corrected chi connectivity index (χ0v) is 24.8. The molecule has 0 saturated carbocycles. The zero-order chi connectivity index (χ0) is 27.8. The fourth-order valence-electron chi connectivity index (χ4n) is 4.78. The van der Waals surface area contributed by atoms with E-state index in [0.717, 1.165) is 5.56 Å². The van der Waals surface area contributed by atoms with Crippen LogP contribution >= 0.6 is 17.0 Å². The van der Waals surface area contributed by atoms with E-state index in [1.54, 1.807) is 32.0 Å². The third kappa shape index (κ3) is 5.68. The van der Waals surface area contributed by atoms with Crippen molar-refractivity contribution in [1.29, 1.82) is 5.41 Å². The lowest BCUT2D eigenvalue weighted by Crippen LogP contribution is -2.31. The Morgan fingerprint density at radius 2 is 1.82 bits per heavy atom. The Morgan fingerprint density at radius 3 is 2.38 bits per heavy atom. The summed E-state index contributed by atoms with van der Waals surface area (Å²) in [5, 5.41) is 8.64. The van der Waals surface area contributed by atoms with Crippen LogP contribution in [0.1, 0.15) is 61.7 Å². The summed E-state index contributed by atoms with van der Waals surface area (Å²) in [7, 11) is 1.53. The molecule has 2 aromatic rings. The first kappa shape index (κ1) is 30.2. The highest BCUT2D eigenvalue weighted by Gasteiger charge is 2.35. The van der Waals surface area contributed by atoms with E-state index in [4.69, 9.17) is 24.4 Å². The predicted octanol–water partition coefficient (Wildman–Crippen LogP) is 5.49. The summed E-state index contributed by atoms with van der Waals surface area (Å²) in [6.07, 6.45) is -0.504. The lowest BCUT2D eigenvalue weighted by atomic mass is 9.84. The molecule has 1 amide bonds. The topological polar surface area (TPSA) is 101 Å². The summed E-state index contributed by atoms with van der Waals surface area (Å²) >= 11 is 0. The number of ether oxygens (including phenoxy) is 4. The molecule has 4 rings (SSSR count). The molecular weight excluding hydrogens is 573 g/mol. The van der Waals surface area contributed by atoms with Gasteiger partial charge in [0.2, 0.25) is 0 Å². The van der Waals surface area contributed by atoms with Crippen LogP contribution < -0.4 is 19.1 Å². The first-order chi connectivity index (χ1) is 18.0. The highest BCUT2D eigenvalue weighted by atomic mass is 79.9. The molecule has 2 aliphatic rings. The maximum Gasteiger partial charge on any atom is 0.414 e. The van der Waals surface area contributed by atoms with Gasteiger partial charge in [0.05, 0.1) is 44.7 Å². The number of methoxy groups -OCH3 is 1. The molecule has 212 valence electrons. The van der Waals surface area contributed by atoms with Crippen molar-refractivity contribution in [2.75, 3.05) is 44.9 Å². The number of amidine groups is 1. The van der Waals surface area contributed by atoms with Gasteiger partial charge in [-0.2, -0.15) is 0 Å². The number of carbonyl (C=O) groups is 2. The Morgan fingerprint density at radius 1 is 1.13 bits per heavy atom. The predicted molar refractivity (Wildman–Crippen MR) is 151 cm³/mol. The minimum atomic E-state index is -0.665. The number of hydrogen-bond donors (Lipinski definition) is 1. The standard InChI is InChI=1S/C28H34FN3O6.BrH/c1-7-36-21-13-17-14-31(26(30)22(17)23(29)25(21)37-8-2)15-20(33)16-11-18(28(3,4)5)24(35-6)19(12-16)32-9-10-38-27(32)34;/h11-13,30H,7-10,14-15H2,1-6H3;1H. The van der Waals surface area contributed by atoms with Gasteiger partial charge in [-0.15, -0.1) is 17.0 Å². The van der Waals surface area contributed by atoms with Crippen molar-refractivity contribution in [2.45, 2.75) is 46.6 Å². The van der Waals surface area contributed by atoms with Crippen LogP contribution in [-0.2, 0) is 16.7 Å². The highest BCUT2D eigenvalue weighted by molar-refractivity contribution is 8.93. The fourth-order valence-corrected chi connectivity index (χ4v) is 4.78. The van der Waals surface area contributed by atoms with Crippen molar-refractivity contribution < 1.29 is 32.9 Å². The van der Waals surface area contributed by atoms with Crippen LogP contribution in [0.25, 0.3) is 0 Å². The van der Waals surface area contributed by atoms with Gasteiger partial charge in [0.25, 0.3) is 0 Å². The number of halogens is 2. The van der Waals surface area contributed by atoms with Gasteiger partial charge in [-0.1, -0.05) is 20.8 Å². The number of fused-ring (bicyclic) bond motifs is 1. The number of Topliss-reactive ketones (excluding diaryl/α,β-unsaturated/α-hetero) is 1. The number of anilines is 1. The van der Waals surface area contributed by atoms with Crippen LogP contribution in [0, 0.1) is 11.2 Å². The smallest absolute Gasteiger partial charge is 0.414 e. The number of rotatable bonds is 9. The van der Waals surface area contributed by atoms with Gasteiger partial charge < -0.3 is 23.8 Å². The number of nitrogens with one attached hydrogen (secondary N) is 1. The zero-order valence-electron chi connectivity index (χ0n) is 23.1. The van der Waals surface area contributed by atoms with Crippen LogP contribution in [0.2, 0.25) is 0 Å². The lowest BCUT2D eigenvalue weighted by Gasteiger charge is -2.27. The normalized spacial score (nSPS) is 14.6. The molecule has 0 radical (unpaired) electrons. The number of ketones is 1. The van der Waals surface area contributed by atoms with Crippen molar-refractivity contribution in [3.05, 3.63) is 46.3 Å². The molecule has 1 N–H and O–H groups in total. The molecule has 1 fully saturated rings. The number of nitrogens with zero attached hydrogens (tertiary/aromatic N) is 2. The average molecular weight is 609 g/mol. The molecule has 2 heterocycles. The molecule has 0 atom stereocenters. The minimum absolute atomic E-state index is 0. The van der Waals surface area contributed by atoms with E-state index in [-0.39, 0.29) is 72.0 Å². The maximum atomic E-state index is 15.4. The third-order valence-electron chi connectivity index (χ3n) is 6.56. The SMILES string of the molecule is Br.CCOc1cc2c(c(F)c1OCC)C(=N)N(CC(=O)c1cc(N3CCOC3=O)c(OC)c(C(C)(C)C)c1)C2. The van der Waals surface area contributed by atoms with Gasteiger partial charge in [-0.3, -0.25) is 15.1 Å². The first-order valence-corrected chi connectivity index (χ1v) is 12.7. The van der Waals surface area contributed by atoms with Crippen LogP contribution in [0.3, 0.4) is 0 Å². The quantitative estimate of drug-likeness (QED) is 0.376. The second-order valence-corrected chi connectivity index (χ2v) is 10.1. The van der Waals surface area contributed by atoms with Crippen molar-refractivity contribution in [3.63, 3.8) is 0 Å². The van der Waals surface area contributed by atoms with E-state index in [1.165, 1.54) is 16.9 Å². The van der Waals surface area contributed by atoms with Crippen molar-refractivity contribution in [2.24, 2.45) is 0 Å². The van der Waals surface area contributed by atoms with Gasteiger partial charge >= 0.3 is 6.09 Å². The monoisotopic (exact) mass is 607 g/mol. The van der Waals surface area contributed by atoms with E-state index >= 15 is 4.39 Å². The summed E-state index contributed by atoms with van der Waals surface area (Å²) in [6.45, 7) is 10.7. The fraction of sp³-hybridized carbons (Fsp3) is 0.464. The summed E-state index contributed by atoms with van der Waals surface area (Å²) in [4.78, 5) is 29.0. The Bertz CT molecular complexity index is 1290. The van der Waals surface area contributed by atoms with Gasteiger partial charge in [-0.25, -0.2) is 9.18 Å². The van der Waals surface area contributed by atoms with Crippen LogP contribution in [-0.4, -0.2) is 62.6 Å². The van der Waals surface area contributed by atoms with Crippen molar-refractivity contribution in [3.8, 4) is 17.2 Å². The second kappa shape index (κ2) is 11.8. The number of carbonyl (C=O) groups excluding carboxylic acids is 2. The molecule has 2 aliphatic heterocycles. The molecule has 1 saturated heterocycles. The van der Waals surface area contributed by atoms with E-state index in [2.05, 4.69) is 0 Å². The molecule has 0 spiro atoms.